The van der Waals surface area contributed by atoms with E-state index in [2.05, 4.69) is 10.3 Å². The lowest BCUT2D eigenvalue weighted by molar-refractivity contribution is -0.164. The predicted molar refractivity (Wildman–Crippen MR) is 96.2 cm³/mol. The third-order valence-corrected chi connectivity index (χ3v) is 2.83. The van der Waals surface area contributed by atoms with Crippen molar-refractivity contribution < 1.29 is 23.9 Å². The first-order chi connectivity index (χ1) is 11.8. The maximum absolute atomic E-state index is 12.4. The normalized spacial score (nSPS) is 12.8. The Morgan fingerprint density at radius 1 is 1.12 bits per heavy atom. The molecule has 0 aliphatic carbocycles. The summed E-state index contributed by atoms with van der Waals surface area (Å²) in [4.78, 5) is 40.7. The van der Waals surface area contributed by atoms with Crippen LogP contribution in [0.25, 0.3) is 0 Å². The van der Waals surface area contributed by atoms with Crippen LogP contribution in [0.2, 0.25) is 0 Å². The van der Waals surface area contributed by atoms with Gasteiger partial charge in [0.15, 0.2) is 0 Å². The number of hydrogen-bond donors (Lipinski definition) is 2. The van der Waals surface area contributed by atoms with Gasteiger partial charge in [0, 0.05) is 11.8 Å². The van der Waals surface area contributed by atoms with Gasteiger partial charge in [-0.1, -0.05) is 0 Å². The minimum Gasteiger partial charge on any atom is -0.460 e. The Labute approximate surface area is 153 Å². The zero-order valence-corrected chi connectivity index (χ0v) is 16.1. The fourth-order valence-electron chi connectivity index (χ4n) is 1.95. The van der Waals surface area contributed by atoms with Gasteiger partial charge in [-0.15, -0.1) is 0 Å². The number of nitrogens with two attached hydrogens (primary N) is 1. The van der Waals surface area contributed by atoms with Crippen LogP contribution in [0, 0.1) is 0 Å². The molecule has 0 spiro atoms. The molecule has 8 nitrogen and oxygen atoms in total. The van der Waals surface area contributed by atoms with Crippen LogP contribution in [0.5, 0.6) is 0 Å². The van der Waals surface area contributed by atoms with E-state index in [1.165, 1.54) is 18.3 Å². The summed E-state index contributed by atoms with van der Waals surface area (Å²) in [6.45, 7) is 10.2. The van der Waals surface area contributed by atoms with Crippen molar-refractivity contribution in [2.75, 3.05) is 5.73 Å². The summed E-state index contributed by atoms with van der Waals surface area (Å²) in [5, 5.41) is 2.50. The first kappa shape index (κ1) is 21.4. The second-order valence-electron chi connectivity index (χ2n) is 7.82. The van der Waals surface area contributed by atoms with Crippen molar-refractivity contribution in [3.63, 3.8) is 0 Å². The monoisotopic (exact) mass is 365 g/mol. The molecule has 0 aliphatic rings. The van der Waals surface area contributed by atoms with Gasteiger partial charge in [0.25, 0.3) is 5.91 Å². The highest BCUT2D eigenvalue weighted by molar-refractivity contribution is 5.98. The molecule has 1 atom stereocenters. The predicted octanol–water partition coefficient (Wildman–Crippen LogP) is 1.84. The van der Waals surface area contributed by atoms with Gasteiger partial charge in [-0.05, 0) is 53.7 Å². The number of nitrogens with one attached hydrogen (secondary N) is 1. The molecule has 1 amide bonds. The molecule has 1 aromatic heterocycles. The molecule has 144 valence electrons. The van der Waals surface area contributed by atoms with Crippen LogP contribution < -0.4 is 11.1 Å². The lowest BCUT2D eigenvalue weighted by atomic mass is 10.1. The van der Waals surface area contributed by atoms with Crippen LogP contribution in [-0.2, 0) is 19.1 Å². The first-order valence-corrected chi connectivity index (χ1v) is 8.24. The van der Waals surface area contributed by atoms with Gasteiger partial charge >= 0.3 is 11.9 Å². The molecule has 0 aromatic carbocycles. The van der Waals surface area contributed by atoms with Gasteiger partial charge < -0.3 is 20.5 Å². The van der Waals surface area contributed by atoms with Crippen molar-refractivity contribution in [2.24, 2.45) is 0 Å². The van der Waals surface area contributed by atoms with E-state index in [-0.39, 0.29) is 17.8 Å². The van der Waals surface area contributed by atoms with Gasteiger partial charge in [0.05, 0.1) is 6.42 Å². The molecule has 0 radical (unpaired) electrons. The molecule has 1 aromatic rings. The van der Waals surface area contributed by atoms with Gasteiger partial charge in [0.1, 0.15) is 23.1 Å². The topological polar surface area (TPSA) is 121 Å². The van der Waals surface area contributed by atoms with E-state index < -0.39 is 35.1 Å². The first-order valence-electron chi connectivity index (χ1n) is 8.24. The van der Waals surface area contributed by atoms with E-state index >= 15 is 0 Å². The summed E-state index contributed by atoms with van der Waals surface area (Å²) in [5.41, 5.74) is 4.30. The maximum atomic E-state index is 12.4. The van der Waals surface area contributed by atoms with Gasteiger partial charge in [-0.2, -0.15) is 0 Å². The Morgan fingerprint density at radius 2 is 1.69 bits per heavy atom. The second-order valence-corrected chi connectivity index (χ2v) is 7.82. The Hall–Kier alpha value is -2.64. The van der Waals surface area contributed by atoms with E-state index in [0.717, 1.165) is 0 Å². The number of nitrogen functional groups attached to an aromatic ring is 1. The number of esters is 2. The maximum Gasteiger partial charge on any atom is 0.329 e. The van der Waals surface area contributed by atoms with Crippen molar-refractivity contribution in [3.8, 4) is 0 Å². The number of pyridine rings is 1. The minimum absolute atomic E-state index is 0.165. The molecule has 1 heterocycles. The number of aromatic nitrogens is 1. The SMILES string of the molecule is CC(C)(C)OC(=O)C[C@H](NC(=O)c1ccnc(N)c1)C(=O)OC(C)(C)C. The zero-order chi connectivity index (χ0) is 20.1. The number of anilines is 1. The minimum atomic E-state index is -1.19. The van der Waals surface area contributed by atoms with E-state index in [1.54, 1.807) is 41.5 Å². The highest BCUT2D eigenvalue weighted by atomic mass is 16.6. The average molecular weight is 365 g/mol. The fraction of sp³-hybridized carbons (Fsp3) is 0.556. The van der Waals surface area contributed by atoms with Gasteiger partial charge in [-0.25, -0.2) is 9.78 Å². The molecular formula is C18H27N3O5. The van der Waals surface area contributed by atoms with Crippen molar-refractivity contribution in [3.05, 3.63) is 23.9 Å². The molecule has 3 N–H and O–H groups in total. The molecule has 0 unspecified atom stereocenters. The number of rotatable bonds is 5. The van der Waals surface area contributed by atoms with Crippen molar-refractivity contribution in [2.45, 2.75) is 65.2 Å². The van der Waals surface area contributed by atoms with E-state index in [9.17, 15) is 14.4 Å². The number of ether oxygens (including phenoxy) is 2. The highest BCUT2D eigenvalue weighted by Gasteiger charge is 2.31. The molecule has 8 heteroatoms. The molecule has 0 aliphatic heterocycles. The number of carbonyl (C=O) groups is 3. The molecule has 1 rings (SSSR count). The summed E-state index contributed by atoms with van der Waals surface area (Å²) in [6, 6.07) is 1.63. The van der Waals surface area contributed by atoms with Crippen molar-refractivity contribution in [1.29, 1.82) is 0 Å². The van der Waals surface area contributed by atoms with Crippen LogP contribution in [-0.4, -0.2) is 40.1 Å². The van der Waals surface area contributed by atoms with Crippen molar-refractivity contribution in [1.82, 2.24) is 10.3 Å². The van der Waals surface area contributed by atoms with Crippen LogP contribution in [0.15, 0.2) is 18.3 Å². The van der Waals surface area contributed by atoms with Crippen LogP contribution in [0.3, 0.4) is 0 Å². The Morgan fingerprint density at radius 3 is 2.19 bits per heavy atom. The lowest BCUT2D eigenvalue weighted by Crippen LogP contribution is -2.46. The van der Waals surface area contributed by atoms with Crippen LogP contribution >= 0.6 is 0 Å². The zero-order valence-electron chi connectivity index (χ0n) is 16.1. The smallest absolute Gasteiger partial charge is 0.329 e. The highest BCUT2D eigenvalue weighted by Crippen LogP contribution is 2.14. The quantitative estimate of drug-likeness (QED) is 0.764. The van der Waals surface area contributed by atoms with E-state index in [0.29, 0.717) is 0 Å². The Balaban J connectivity index is 2.94. The van der Waals surface area contributed by atoms with Crippen LogP contribution in [0.1, 0.15) is 58.3 Å². The third kappa shape index (κ3) is 7.96. The van der Waals surface area contributed by atoms with Gasteiger partial charge in [-0.3, -0.25) is 9.59 Å². The molecule has 0 saturated carbocycles. The van der Waals surface area contributed by atoms with Gasteiger partial charge in [0.2, 0.25) is 0 Å². The molecule has 26 heavy (non-hydrogen) atoms. The Bertz CT molecular complexity index is 674. The standard InChI is InChI=1S/C18H27N3O5/c1-17(2,3)25-14(22)10-12(16(24)26-18(4,5)6)21-15(23)11-7-8-20-13(19)9-11/h7-9,12H,10H2,1-6H3,(H2,19,20)(H,21,23)/t12-/m0/s1. The second kappa shape index (κ2) is 8.16. The summed E-state index contributed by atoms with van der Waals surface area (Å²) < 4.78 is 10.5. The summed E-state index contributed by atoms with van der Waals surface area (Å²) >= 11 is 0. The Kier molecular flexibility index (Phi) is 6.72. The lowest BCUT2D eigenvalue weighted by Gasteiger charge is -2.25. The van der Waals surface area contributed by atoms with Crippen LogP contribution in [0.4, 0.5) is 5.82 Å². The van der Waals surface area contributed by atoms with E-state index in [4.69, 9.17) is 15.2 Å². The average Bonchev–Trinajstić information content (AvgIpc) is 2.42. The molecule has 0 fully saturated rings. The summed E-state index contributed by atoms with van der Waals surface area (Å²) in [7, 11) is 0. The molecular weight excluding hydrogens is 338 g/mol. The summed E-state index contributed by atoms with van der Waals surface area (Å²) in [6.07, 6.45) is 1.03. The van der Waals surface area contributed by atoms with E-state index in [1.807, 2.05) is 0 Å². The number of hydrogen-bond acceptors (Lipinski definition) is 7. The largest absolute Gasteiger partial charge is 0.460 e. The number of nitrogens with zero attached hydrogens (tertiary/aromatic N) is 1. The molecule has 0 bridgehead atoms. The number of carbonyl (C=O) groups excluding carboxylic acids is 3. The third-order valence-electron chi connectivity index (χ3n) is 2.83. The fourth-order valence-corrected chi connectivity index (χ4v) is 1.95. The van der Waals surface area contributed by atoms with Crippen molar-refractivity contribution >= 4 is 23.7 Å². The number of amides is 1. The molecule has 0 saturated heterocycles. The summed E-state index contributed by atoms with van der Waals surface area (Å²) in [5.74, 6) is -1.75.